The molecule has 0 spiro atoms. The molecule has 0 bridgehead atoms. The molecular weight excluding hydrogens is 252 g/mol. The van der Waals surface area contributed by atoms with E-state index in [0.717, 1.165) is 23.2 Å². The van der Waals surface area contributed by atoms with Crippen molar-refractivity contribution < 1.29 is 4.52 Å². The minimum atomic E-state index is 0.0513. The Balaban J connectivity index is 2.12. The lowest BCUT2D eigenvalue weighted by Gasteiger charge is -2.10. The maximum Gasteiger partial charge on any atom is 0.228 e. The number of nitrogens with two attached hydrogens (primary N) is 1. The molecule has 1 atom stereocenters. The van der Waals surface area contributed by atoms with Crippen molar-refractivity contribution >= 4 is 0 Å². The van der Waals surface area contributed by atoms with Crippen molar-refractivity contribution in [2.24, 2.45) is 11.7 Å². The Morgan fingerprint density at radius 3 is 2.70 bits per heavy atom. The zero-order valence-electron chi connectivity index (χ0n) is 12.6. The smallest absolute Gasteiger partial charge is 0.228 e. The van der Waals surface area contributed by atoms with Gasteiger partial charge in [0.25, 0.3) is 0 Å². The first-order valence-electron chi connectivity index (χ1n) is 6.97. The van der Waals surface area contributed by atoms with Gasteiger partial charge in [-0.15, -0.1) is 0 Å². The number of aryl methyl sites for hydroxylation is 2. The summed E-state index contributed by atoms with van der Waals surface area (Å²) in [5.41, 5.74) is 8.99. The average Bonchev–Trinajstić information content (AvgIpc) is 2.75. The summed E-state index contributed by atoms with van der Waals surface area (Å²) in [6.45, 7) is 8.31. The second-order valence-corrected chi connectivity index (χ2v) is 5.78. The van der Waals surface area contributed by atoms with Gasteiger partial charge in [-0.05, 0) is 37.3 Å². The monoisotopic (exact) mass is 274 g/mol. The van der Waals surface area contributed by atoms with Crippen LogP contribution in [0.15, 0.2) is 16.8 Å². The third kappa shape index (κ3) is 3.63. The highest BCUT2D eigenvalue weighted by molar-refractivity contribution is 5.53. The standard InChI is InChI=1S/C15H22N4O/c1-9(2)5-12(16)7-13-18-15(19-20-13)14-11(4)6-10(3)8-17-14/h6,8-9,12H,5,7,16H2,1-4H3. The summed E-state index contributed by atoms with van der Waals surface area (Å²) in [5.74, 6) is 1.68. The number of aromatic nitrogens is 3. The van der Waals surface area contributed by atoms with Crippen molar-refractivity contribution in [1.29, 1.82) is 0 Å². The lowest BCUT2D eigenvalue weighted by Crippen LogP contribution is -2.24. The topological polar surface area (TPSA) is 77.8 Å². The Kier molecular flexibility index (Phi) is 4.49. The molecule has 0 aliphatic heterocycles. The molecule has 2 aromatic heterocycles. The van der Waals surface area contributed by atoms with Gasteiger partial charge in [-0.2, -0.15) is 4.98 Å². The van der Waals surface area contributed by atoms with Gasteiger partial charge in [-0.3, -0.25) is 4.98 Å². The van der Waals surface area contributed by atoms with Gasteiger partial charge >= 0.3 is 0 Å². The van der Waals surface area contributed by atoms with E-state index in [0.29, 0.717) is 24.1 Å². The number of hydrogen-bond acceptors (Lipinski definition) is 5. The van der Waals surface area contributed by atoms with Crippen LogP contribution in [0.4, 0.5) is 0 Å². The predicted molar refractivity (Wildman–Crippen MR) is 78.1 cm³/mol. The van der Waals surface area contributed by atoms with Crippen molar-refractivity contribution in [3.8, 4) is 11.5 Å². The van der Waals surface area contributed by atoms with Crippen LogP contribution in [0.5, 0.6) is 0 Å². The van der Waals surface area contributed by atoms with Gasteiger partial charge in [0.2, 0.25) is 11.7 Å². The second-order valence-electron chi connectivity index (χ2n) is 5.78. The average molecular weight is 274 g/mol. The first-order valence-corrected chi connectivity index (χ1v) is 6.97. The van der Waals surface area contributed by atoms with E-state index in [1.807, 2.05) is 20.0 Å². The molecule has 0 aliphatic carbocycles. The van der Waals surface area contributed by atoms with Crippen LogP contribution < -0.4 is 5.73 Å². The van der Waals surface area contributed by atoms with Crippen molar-refractivity contribution in [3.63, 3.8) is 0 Å². The summed E-state index contributed by atoms with van der Waals surface area (Å²) < 4.78 is 5.28. The SMILES string of the molecule is Cc1cnc(-c2noc(CC(N)CC(C)C)n2)c(C)c1. The highest BCUT2D eigenvalue weighted by atomic mass is 16.5. The summed E-state index contributed by atoms with van der Waals surface area (Å²) >= 11 is 0. The molecule has 0 saturated carbocycles. The van der Waals surface area contributed by atoms with E-state index in [2.05, 4.69) is 35.0 Å². The Morgan fingerprint density at radius 2 is 2.05 bits per heavy atom. The minimum absolute atomic E-state index is 0.0513. The molecule has 5 heteroatoms. The number of hydrogen-bond donors (Lipinski definition) is 1. The van der Waals surface area contributed by atoms with Gasteiger partial charge in [0.1, 0.15) is 5.69 Å². The maximum atomic E-state index is 6.06. The van der Waals surface area contributed by atoms with Gasteiger partial charge in [-0.25, -0.2) is 0 Å². The lowest BCUT2D eigenvalue weighted by atomic mass is 10.0. The summed E-state index contributed by atoms with van der Waals surface area (Å²) in [6.07, 6.45) is 3.36. The van der Waals surface area contributed by atoms with Crippen LogP contribution >= 0.6 is 0 Å². The van der Waals surface area contributed by atoms with E-state index in [1.54, 1.807) is 0 Å². The molecule has 0 radical (unpaired) electrons. The van der Waals surface area contributed by atoms with Crippen LogP contribution in [0.25, 0.3) is 11.5 Å². The van der Waals surface area contributed by atoms with Crippen LogP contribution in [0.2, 0.25) is 0 Å². The van der Waals surface area contributed by atoms with Crippen molar-refractivity contribution in [2.45, 2.75) is 46.6 Å². The van der Waals surface area contributed by atoms with Gasteiger partial charge < -0.3 is 10.3 Å². The number of rotatable bonds is 5. The van der Waals surface area contributed by atoms with Gasteiger partial charge in [-0.1, -0.05) is 25.1 Å². The van der Waals surface area contributed by atoms with Gasteiger partial charge in [0, 0.05) is 18.7 Å². The Morgan fingerprint density at radius 1 is 1.30 bits per heavy atom. The van der Waals surface area contributed by atoms with Crippen molar-refractivity contribution in [2.75, 3.05) is 0 Å². The summed E-state index contributed by atoms with van der Waals surface area (Å²) in [7, 11) is 0. The molecule has 0 aromatic carbocycles. The fourth-order valence-electron chi connectivity index (χ4n) is 2.30. The summed E-state index contributed by atoms with van der Waals surface area (Å²) in [5, 5.41) is 4.00. The zero-order chi connectivity index (χ0) is 14.7. The maximum absolute atomic E-state index is 6.06. The molecule has 0 aliphatic rings. The summed E-state index contributed by atoms with van der Waals surface area (Å²) in [4.78, 5) is 8.77. The molecule has 108 valence electrons. The third-order valence-electron chi connectivity index (χ3n) is 3.11. The molecule has 2 N–H and O–H groups in total. The predicted octanol–water partition coefficient (Wildman–Crippen LogP) is 2.66. The van der Waals surface area contributed by atoms with Crippen LogP contribution in [-0.4, -0.2) is 21.2 Å². The van der Waals surface area contributed by atoms with E-state index >= 15 is 0 Å². The quantitative estimate of drug-likeness (QED) is 0.907. The summed E-state index contributed by atoms with van der Waals surface area (Å²) in [6, 6.07) is 2.11. The van der Waals surface area contributed by atoms with Crippen molar-refractivity contribution in [1.82, 2.24) is 15.1 Å². The molecule has 2 aromatic rings. The first-order chi connectivity index (χ1) is 9.45. The number of nitrogens with zero attached hydrogens (tertiary/aromatic N) is 3. The Bertz CT molecular complexity index is 577. The van der Waals surface area contributed by atoms with E-state index < -0.39 is 0 Å². The first kappa shape index (κ1) is 14.7. The molecule has 0 fully saturated rings. The molecule has 0 amide bonds. The lowest BCUT2D eigenvalue weighted by molar-refractivity contribution is 0.359. The second kappa shape index (κ2) is 6.13. The third-order valence-corrected chi connectivity index (χ3v) is 3.11. The highest BCUT2D eigenvalue weighted by Gasteiger charge is 2.15. The molecule has 1 unspecified atom stereocenters. The largest absolute Gasteiger partial charge is 0.339 e. The van der Waals surface area contributed by atoms with E-state index in [1.165, 1.54) is 0 Å². The normalized spacial score (nSPS) is 12.9. The molecule has 2 rings (SSSR count). The van der Waals surface area contributed by atoms with E-state index in [-0.39, 0.29) is 6.04 Å². The van der Waals surface area contributed by atoms with Crippen LogP contribution in [0, 0.1) is 19.8 Å². The van der Waals surface area contributed by atoms with Crippen LogP contribution in [0.3, 0.4) is 0 Å². The van der Waals surface area contributed by atoms with Gasteiger partial charge in [0.15, 0.2) is 0 Å². The van der Waals surface area contributed by atoms with E-state index in [4.69, 9.17) is 10.3 Å². The Labute approximate surface area is 119 Å². The van der Waals surface area contributed by atoms with E-state index in [9.17, 15) is 0 Å². The van der Waals surface area contributed by atoms with Crippen LogP contribution in [0.1, 0.15) is 37.3 Å². The molecule has 0 saturated heterocycles. The molecule has 2 heterocycles. The Hall–Kier alpha value is -1.75. The molecular formula is C15H22N4O. The zero-order valence-corrected chi connectivity index (χ0v) is 12.6. The highest BCUT2D eigenvalue weighted by Crippen LogP contribution is 2.19. The fraction of sp³-hybridized carbons (Fsp3) is 0.533. The number of pyridine rings is 1. The molecule has 20 heavy (non-hydrogen) atoms. The van der Waals surface area contributed by atoms with Crippen molar-refractivity contribution in [3.05, 3.63) is 29.3 Å². The fourth-order valence-corrected chi connectivity index (χ4v) is 2.30. The molecule has 5 nitrogen and oxygen atoms in total. The minimum Gasteiger partial charge on any atom is -0.339 e. The van der Waals surface area contributed by atoms with Crippen LogP contribution in [-0.2, 0) is 6.42 Å². The van der Waals surface area contributed by atoms with Gasteiger partial charge in [0.05, 0.1) is 0 Å².